The number of esters is 1. The number of carbonyl (C=O) groups is 2. The molecule has 1 amide bonds. The van der Waals surface area contributed by atoms with Crippen LogP contribution >= 0.6 is 24.0 Å². The Morgan fingerprint density at radius 2 is 2.03 bits per heavy atom. The molecular weight excluding hydrogens is 499 g/mol. The van der Waals surface area contributed by atoms with Crippen LogP contribution < -0.4 is 10.6 Å². The van der Waals surface area contributed by atoms with E-state index >= 15 is 0 Å². The van der Waals surface area contributed by atoms with Crippen molar-refractivity contribution in [2.45, 2.75) is 38.3 Å². The second-order valence-electron chi connectivity index (χ2n) is 7.38. The van der Waals surface area contributed by atoms with Crippen molar-refractivity contribution in [3.8, 4) is 0 Å². The fourth-order valence-electron chi connectivity index (χ4n) is 3.77. The number of nitrogens with zero attached hydrogens (tertiary/aromatic N) is 2. The summed E-state index contributed by atoms with van der Waals surface area (Å²) in [6.07, 6.45) is 2.88. The molecule has 2 heterocycles. The Balaban J connectivity index is 0.00000320. The number of anilines is 1. The number of hydrogen-bond donors (Lipinski definition) is 2. The van der Waals surface area contributed by atoms with E-state index in [9.17, 15) is 9.59 Å². The van der Waals surface area contributed by atoms with Gasteiger partial charge in [0.1, 0.15) is 6.10 Å². The molecule has 0 radical (unpaired) electrons. The molecule has 2 aliphatic heterocycles. The van der Waals surface area contributed by atoms with Gasteiger partial charge in [-0.25, -0.2) is 0 Å². The first-order valence-electron chi connectivity index (χ1n) is 10.2. The molecule has 0 spiro atoms. The molecule has 1 aromatic rings. The molecule has 1 unspecified atom stereocenters. The first kappa shape index (κ1) is 24.4. The number of nitrogens with one attached hydrogen (secondary N) is 2. The van der Waals surface area contributed by atoms with Crippen molar-refractivity contribution in [3.63, 3.8) is 0 Å². The third-order valence-electron chi connectivity index (χ3n) is 5.41. The highest BCUT2D eigenvalue weighted by atomic mass is 127. The molecule has 2 fully saturated rings. The van der Waals surface area contributed by atoms with Gasteiger partial charge < -0.3 is 25.0 Å². The van der Waals surface area contributed by atoms with E-state index in [0.29, 0.717) is 13.2 Å². The van der Waals surface area contributed by atoms with E-state index in [4.69, 9.17) is 9.47 Å². The molecule has 8 nitrogen and oxygen atoms in total. The Kier molecular flexibility index (Phi) is 9.83. The number of benzene rings is 1. The minimum Gasteiger partial charge on any atom is -0.469 e. The molecule has 2 aliphatic rings. The van der Waals surface area contributed by atoms with Crippen molar-refractivity contribution >= 4 is 47.5 Å². The van der Waals surface area contributed by atoms with Crippen LogP contribution in [0, 0.1) is 5.92 Å². The Morgan fingerprint density at radius 1 is 1.27 bits per heavy atom. The maximum Gasteiger partial charge on any atom is 0.308 e. The predicted octanol–water partition coefficient (Wildman–Crippen LogP) is 2.38. The van der Waals surface area contributed by atoms with E-state index in [1.807, 2.05) is 24.3 Å². The van der Waals surface area contributed by atoms with Crippen molar-refractivity contribution in [2.24, 2.45) is 10.9 Å². The molecule has 2 saturated heterocycles. The number of halogens is 1. The molecule has 9 heteroatoms. The zero-order valence-corrected chi connectivity index (χ0v) is 19.9. The Morgan fingerprint density at radius 3 is 2.67 bits per heavy atom. The molecule has 0 bridgehead atoms. The number of methoxy groups -OCH3 is 1. The summed E-state index contributed by atoms with van der Waals surface area (Å²) in [5.74, 6) is 0.562. The van der Waals surface area contributed by atoms with Gasteiger partial charge in [0.25, 0.3) is 5.91 Å². The highest BCUT2D eigenvalue weighted by molar-refractivity contribution is 14.0. The Bertz CT molecular complexity index is 744. The molecule has 0 saturated carbocycles. The van der Waals surface area contributed by atoms with E-state index in [0.717, 1.165) is 56.0 Å². The highest BCUT2D eigenvalue weighted by Crippen LogP contribution is 2.19. The van der Waals surface area contributed by atoms with Gasteiger partial charge in [-0.3, -0.25) is 14.6 Å². The number of piperidine rings is 1. The standard InChI is InChI=1S/C21H30N4O4.HI/c1-22-21(25-10-8-16(9-11-25)20(27)28-2)23-14-15-5-3-6-17(13-15)24-19(26)18-7-4-12-29-18;/h3,5-6,13,16,18H,4,7-12,14H2,1-2H3,(H,22,23)(H,24,26);1H. The molecule has 0 aromatic heterocycles. The minimum atomic E-state index is -0.344. The minimum absolute atomic E-state index is 0. The smallest absolute Gasteiger partial charge is 0.308 e. The van der Waals surface area contributed by atoms with Gasteiger partial charge >= 0.3 is 5.97 Å². The fraction of sp³-hybridized carbons (Fsp3) is 0.571. The average molecular weight is 530 g/mol. The van der Waals surface area contributed by atoms with Gasteiger partial charge in [-0.15, -0.1) is 24.0 Å². The zero-order chi connectivity index (χ0) is 20.6. The van der Waals surface area contributed by atoms with Gasteiger partial charge in [0.2, 0.25) is 0 Å². The van der Waals surface area contributed by atoms with Crippen LogP contribution in [-0.4, -0.2) is 62.7 Å². The number of aliphatic imine (C=N–C) groups is 1. The summed E-state index contributed by atoms with van der Waals surface area (Å²) in [6.45, 7) is 2.76. The summed E-state index contributed by atoms with van der Waals surface area (Å²) in [5, 5.41) is 6.31. The van der Waals surface area contributed by atoms with Crippen LogP contribution in [0.1, 0.15) is 31.2 Å². The molecule has 2 N–H and O–H groups in total. The summed E-state index contributed by atoms with van der Waals surface area (Å²) < 4.78 is 10.3. The second-order valence-corrected chi connectivity index (χ2v) is 7.38. The van der Waals surface area contributed by atoms with Crippen LogP contribution in [0.15, 0.2) is 29.3 Å². The van der Waals surface area contributed by atoms with Crippen molar-refractivity contribution in [1.82, 2.24) is 10.2 Å². The van der Waals surface area contributed by atoms with E-state index in [1.165, 1.54) is 7.11 Å². The first-order chi connectivity index (χ1) is 14.1. The summed E-state index contributed by atoms with van der Waals surface area (Å²) in [6, 6.07) is 7.76. The summed E-state index contributed by atoms with van der Waals surface area (Å²) in [4.78, 5) is 30.4. The van der Waals surface area contributed by atoms with Gasteiger partial charge in [0.15, 0.2) is 5.96 Å². The van der Waals surface area contributed by atoms with Crippen LogP contribution in [0.25, 0.3) is 0 Å². The van der Waals surface area contributed by atoms with Crippen LogP contribution in [0.2, 0.25) is 0 Å². The lowest BCUT2D eigenvalue weighted by molar-refractivity contribution is -0.146. The van der Waals surface area contributed by atoms with Crippen molar-refractivity contribution in [3.05, 3.63) is 29.8 Å². The Hall–Kier alpha value is -1.88. The van der Waals surface area contributed by atoms with E-state index < -0.39 is 0 Å². The lowest BCUT2D eigenvalue weighted by Gasteiger charge is -2.33. The molecular formula is C21H31IN4O4. The van der Waals surface area contributed by atoms with Crippen molar-refractivity contribution < 1.29 is 19.1 Å². The Labute approximate surface area is 194 Å². The van der Waals surface area contributed by atoms with Crippen LogP contribution in [0.3, 0.4) is 0 Å². The molecule has 30 heavy (non-hydrogen) atoms. The average Bonchev–Trinajstić information content (AvgIpc) is 3.29. The number of rotatable bonds is 5. The van der Waals surface area contributed by atoms with Crippen LogP contribution in [-0.2, 0) is 25.6 Å². The molecule has 3 rings (SSSR count). The lowest BCUT2D eigenvalue weighted by Crippen LogP contribution is -2.46. The molecule has 1 aromatic carbocycles. The first-order valence-corrected chi connectivity index (χ1v) is 10.2. The number of carbonyl (C=O) groups excluding carboxylic acids is 2. The second kappa shape index (κ2) is 12.1. The summed E-state index contributed by atoms with van der Waals surface area (Å²) in [7, 11) is 3.19. The van der Waals surface area contributed by atoms with Crippen molar-refractivity contribution in [1.29, 1.82) is 0 Å². The van der Waals surface area contributed by atoms with Gasteiger partial charge in [-0.1, -0.05) is 12.1 Å². The number of likely N-dealkylation sites (tertiary alicyclic amines) is 1. The van der Waals surface area contributed by atoms with Crippen LogP contribution in [0.4, 0.5) is 5.69 Å². The lowest BCUT2D eigenvalue weighted by atomic mass is 9.97. The third kappa shape index (κ3) is 6.56. The normalized spacial score (nSPS) is 19.7. The maximum absolute atomic E-state index is 12.2. The van der Waals surface area contributed by atoms with Crippen LogP contribution in [0.5, 0.6) is 0 Å². The highest BCUT2D eigenvalue weighted by Gasteiger charge is 2.27. The predicted molar refractivity (Wildman–Crippen MR) is 126 cm³/mol. The molecule has 0 aliphatic carbocycles. The quantitative estimate of drug-likeness (QED) is 0.263. The monoisotopic (exact) mass is 530 g/mol. The van der Waals surface area contributed by atoms with Gasteiger partial charge in [0, 0.05) is 39.0 Å². The largest absolute Gasteiger partial charge is 0.469 e. The molecule has 166 valence electrons. The van der Waals surface area contributed by atoms with E-state index in [2.05, 4.69) is 20.5 Å². The van der Waals surface area contributed by atoms with E-state index in [-0.39, 0.29) is 47.9 Å². The van der Waals surface area contributed by atoms with Gasteiger partial charge in [-0.2, -0.15) is 0 Å². The van der Waals surface area contributed by atoms with Crippen molar-refractivity contribution in [2.75, 3.05) is 39.2 Å². The zero-order valence-electron chi connectivity index (χ0n) is 17.6. The molecule has 1 atom stereocenters. The topological polar surface area (TPSA) is 92.3 Å². The van der Waals surface area contributed by atoms with Gasteiger partial charge in [0.05, 0.1) is 13.0 Å². The fourth-order valence-corrected chi connectivity index (χ4v) is 3.77. The summed E-state index contributed by atoms with van der Waals surface area (Å²) >= 11 is 0. The number of ether oxygens (including phenoxy) is 2. The van der Waals surface area contributed by atoms with E-state index in [1.54, 1.807) is 7.05 Å². The maximum atomic E-state index is 12.2. The third-order valence-corrected chi connectivity index (χ3v) is 5.41. The SMILES string of the molecule is CN=C(NCc1cccc(NC(=O)C2CCCO2)c1)N1CCC(C(=O)OC)CC1.I. The van der Waals surface area contributed by atoms with Gasteiger partial charge in [-0.05, 0) is 43.4 Å². The summed E-state index contributed by atoms with van der Waals surface area (Å²) in [5.41, 5.74) is 1.81. The number of amides is 1. The number of guanidine groups is 1. The number of hydrogen-bond acceptors (Lipinski definition) is 5.